The number of rotatable bonds is 2. The number of hydrogen-bond donors (Lipinski definition) is 1. The molecule has 3 unspecified atom stereocenters. The molecular formula is C11H23NS. The Hall–Kier alpha value is 0.310. The van der Waals surface area contributed by atoms with Gasteiger partial charge in [0.05, 0.1) is 0 Å². The van der Waals surface area contributed by atoms with E-state index in [1.807, 2.05) is 0 Å². The van der Waals surface area contributed by atoms with E-state index in [0.717, 1.165) is 17.2 Å². The summed E-state index contributed by atoms with van der Waals surface area (Å²) in [6.07, 6.45) is 2.74. The van der Waals surface area contributed by atoms with Crippen LogP contribution in [0.5, 0.6) is 0 Å². The van der Waals surface area contributed by atoms with Gasteiger partial charge < -0.3 is 5.32 Å². The fourth-order valence-corrected chi connectivity index (χ4v) is 3.72. The summed E-state index contributed by atoms with van der Waals surface area (Å²) in [4.78, 5) is 0. The minimum absolute atomic E-state index is 0.418. The lowest BCUT2D eigenvalue weighted by Crippen LogP contribution is -2.31. The summed E-state index contributed by atoms with van der Waals surface area (Å²) in [7, 11) is 2.09. The Morgan fingerprint density at radius 1 is 1.23 bits per heavy atom. The zero-order chi connectivity index (χ0) is 10.1. The zero-order valence-corrected chi connectivity index (χ0v) is 10.4. The normalized spacial score (nSPS) is 35.3. The van der Waals surface area contributed by atoms with E-state index < -0.39 is 0 Å². The van der Waals surface area contributed by atoms with Gasteiger partial charge in [0.1, 0.15) is 0 Å². The number of nitrogens with one attached hydrogen (secondary N) is 1. The average molecular weight is 201 g/mol. The van der Waals surface area contributed by atoms with Crippen LogP contribution in [0.2, 0.25) is 0 Å². The second-order valence-electron chi connectivity index (χ2n) is 5.10. The van der Waals surface area contributed by atoms with Crippen molar-refractivity contribution in [1.29, 1.82) is 0 Å². The lowest BCUT2D eigenvalue weighted by atomic mass is 10.1. The minimum atomic E-state index is 0.418. The highest BCUT2D eigenvalue weighted by molar-refractivity contribution is 8.01. The van der Waals surface area contributed by atoms with Gasteiger partial charge in [-0.15, -0.1) is 0 Å². The van der Waals surface area contributed by atoms with E-state index in [4.69, 9.17) is 0 Å². The quantitative estimate of drug-likeness (QED) is 0.737. The smallest absolute Gasteiger partial charge is 0.0101 e. The van der Waals surface area contributed by atoms with Crippen LogP contribution in [0.25, 0.3) is 0 Å². The van der Waals surface area contributed by atoms with Crippen molar-refractivity contribution in [2.75, 3.05) is 7.05 Å². The Morgan fingerprint density at radius 2 is 1.85 bits per heavy atom. The molecule has 0 saturated heterocycles. The number of hydrogen-bond acceptors (Lipinski definition) is 2. The van der Waals surface area contributed by atoms with Crippen LogP contribution in [0.4, 0.5) is 0 Å². The summed E-state index contributed by atoms with van der Waals surface area (Å²) in [5.41, 5.74) is 0. The summed E-state index contributed by atoms with van der Waals surface area (Å²) in [5.74, 6) is 0.828. The van der Waals surface area contributed by atoms with E-state index in [9.17, 15) is 0 Å². The van der Waals surface area contributed by atoms with Gasteiger partial charge in [-0.25, -0.2) is 0 Å². The SMILES string of the molecule is CNC1CCC(SC(C)(C)C)C1C. The van der Waals surface area contributed by atoms with Crippen molar-refractivity contribution in [2.45, 2.75) is 56.6 Å². The third-order valence-electron chi connectivity index (χ3n) is 2.86. The summed E-state index contributed by atoms with van der Waals surface area (Å²) in [6.45, 7) is 9.34. The summed E-state index contributed by atoms with van der Waals surface area (Å²) >= 11 is 2.15. The van der Waals surface area contributed by atoms with Gasteiger partial charge in [0.2, 0.25) is 0 Å². The van der Waals surface area contributed by atoms with Crippen LogP contribution < -0.4 is 5.32 Å². The molecule has 78 valence electrons. The molecule has 1 aliphatic rings. The fourth-order valence-electron chi connectivity index (χ4n) is 2.16. The Labute approximate surface area is 87.1 Å². The highest BCUT2D eigenvalue weighted by Gasteiger charge is 2.34. The molecule has 3 atom stereocenters. The second kappa shape index (κ2) is 4.22. The Balaban J connectivity index is 2.46. The van der Waals surface area contributed by atoms with Crippen LogP contribution in [-0.4, -0.2) is 23.1 Å². The van der Waals surface area contributed by atoms with Gasteiger partial charge in [0, 0.05) is 16.0 Å². The third-order valence-corrected chi connectivity index (χ3v) is 4.53. The molecule has 0 heterocycles. The molecule has 0 amide bonds. The largest absolute Gasteiger partial charge is 0.317 e. The molecule has 0 aromatic rings. The molecule has 1 rings (SSSR count). The molecule has 0 radical (unpaired) electrons. The molecule has 1 nitrogen and oxygen atoms in total. The van der Waals surface area contributed by atoms with Gasteiger partial charge in [-0.3, -0.25) is 0 Å². The molecule has 13 heavy (non-hydrogen) atoms. The zero-order valence-electron chi connectivity index (χ0n) is 9.55. The molecule has 2 heteroatoms. The standard InChI is InChI=1S/C11H23NS/c1-8-9(12-5)6-7-10(8)13-11(2,3)4/h8-10,12H,6-7H2,1-5H3. The molecule has 0 aromatic heterocycles. The first-order valence-electron chi connectivity index (χ1n) is 5.29. The highest BCUT2D eigenvalue weighted by Crippen LogP contribution is 2.40. The average Bonchev–Trinajstić information content (AvgIpc) is 2.30. The predicted octanol–water partition coefficient (Wildman–Crippen LogP) is 2.90. The van der Waals surface area contributed by atoms with Gasteiger partial charge in [-0.1, -0.05) is 27.7 Å². The maximum absolute atomic E-state index is 3.42. The van der Waals surface area contributed by atoms with Gasteiger partial charge >= 0.3 is 0 Å². The Morgan fingerprint density at radius 3 is 2.23 bits per heavy atom. The van der Waals surface area contributed by atoms with E-state index in [1.165, 1.54) is 12.8 Å². The van der Waals surface area contributed by atoms with Gasteiger partial charge in [0.15, 0.2) is 0 Å². The van der Waals surface area contributed by atoms with Crippen LogP contribution in [0.1, 0.15) is 40.5 Å². The predicted molar refractivity (Wildman–Crippen MR) is 62.4 cm³/mol. The van der Waals surface area contributed by atoms with Crippen molar-refractivity contribution in [3.8, 4) is 0 Å². The van der Waals surface area contributed by atoms with Crippen LogP contribution >= 0.6 is 11.8 Å². The van der Waals surface area contributed by atoms with Crippen molar-refractivity contribution in [1.82, 2.24) is 5.32 Å². The first-order chi connectivity index (χ1) is 5.94. The lowest BCUT2D eigenvalue weighted by molar-refractivity contribution is 0.463. The minimum Gasteiger partial charge on any atom is -0.317 e. The van der Waals surface area contributed by atoms with Gasteiger partial charge in [-0.05, 0) is 25.8 Å². The van der Waals surface area contributed by atoms with Crippen LogP contribution in [-0.2, 0) is 0 Å². The topological polar surface area (TPSA) is 12.0 Å². The van der Waals surface area contributed by atoms with E-state index in [0.29, 0.717) is 4.75 Å². The summed E-state index contributed by atoms with van der Waals surface area (Å²) in [6, 6.07) is 0.750. The summed E-state index contributed by atoms with van der Waals surface area (Å²) in [5, 5.41) is 4.27. The molecule has 0 spiro atoms. The van der Waals surface area contributed by atoms with Crippen molar-refractivity contribution in [3.05, 3.63) is 0 Å². The van der Waals surface area contributed by atoms with E-state index in [1.54, 1.807) is 0 Å². The van der Waals surface area contributed by atoms with Crippen LogP contribution in [0.15, 0.2) is 0 Å². The maximum atomic E-state index is 3.42. The lowest BCUT2D eigenvalue weighted by Gasteiger charge is -2.27. The van der Waals surface area contributed by atoms with Crippen LogP contribution in [0, 0.1) is 5.92 Å². The molecular weight excluding hydrogens is 178 g/mol. The second-order valence-corrected chi connectivity index (χ2v) is 7.17. The Bertz CT molecular complexity index is 162. The molecule has 0 aliphatic heterocycles. The third kappa shape index (κ3) is 3.17. The molecule has 1 aliphatic carbocycles. The fraction of sp³-hybridized carbons (Fsp3) is 1.00. The molecule has 1 N–H and O–H groups in total. The first-order valence-corrected chi connectivity index (χ1v) is 6.17. The Kier molecular flexibility index (Phi) is 3.70. The van der Waals surface area contributed by atoms with E-state index in [2.05, 4.69) is 51.8 Å². The number of thioether (sulfide) groups is 1. The molecule has 1 saturated carbocycles. The van der Waals surface area contributed by atoms with Gasteiger partial charge in [-0.2, -0.15) is 11.8 Å². The molecule has 0 aromatic carbocycles. The van der Waals surface area contributed by atoms with E-state index >= 15 is 0 Å². The highest BCUT2D eigenvalue weighted by atomic mass is 32.2. The van der Waals surface area contributed by atoms with Gasteiger partial charge in [0.25, 0.3) is 0 Å². The van der Waals surface area contributed by atoms with Crippen molar-refractivity contribution >= 4 is 11.8 Å². The monoisotopic (exact) mass is 201 g/mol. The van der Waals surface area contributed by atoms with Crippen molar-refractivity contribution in [2.24, 2.45) is 5.92 Å². The van der Waals surface area contributed by atoms with Crippen LogP contribution in [0.3, 0.4) is 0 Å². The molecule has 1 fully saturated rings. The van der Waals surface area contributed by atoms with E-state index in [-0.39, 0.29) is 0 Å². The maximum Gasteiger partial charge on any atom is 0.0101 e. The summed E-state index contributed by atoms with van der Waals surface area (Å²) < 4.78 is 0.418. The molecule has 0 bridgehead atoms. The first kappa shape index (κ1) is 11.4. The van der Waals surface area contributed by atoms with Crippen molar-refractivity contribution in [3.63, 3.8) is 0 Å². The van der Waals surface area contributed by atoms with Crippen molar-refractivity contribution < 1.29 is 0 Å².